The number of carbonyl (C=O) groups excluding carboxylic acids is 1. The van der Waals surface area contributed by atoms with E-state index in [1.54, 1.807) is 30.5 Å². The highest BCUT2D eigenvalue weighted by molar-refractivity contribution is 6.32. The van der Waals surface area contributed by atoms with Crippen LogP contribution in [0.5, 0.6) is 11.5 Å². The highest BCUT2D eigenvalue weighted by Gasteiger charge is 2.14. The summed E-state index contributed by atoms with van der Waals surface area (Å²) in [5.74, 6) is 0.411. The van der Waals surface area contributed by atoms with Crippen molar-refractivity contribution < 1.29 is 14.3 Å². The lowest BCUT2D eigenvalue weighted by Crippen LogP contribution is -2.20. The van der Waals surface area contributed by atoms with Crippen LogP contribution in [-0.2, 0) is 11.2 Å². The number of nitrogens with one attached hydrogen (secondary N) is 1. The fourth-order valence-electron chi connectivity index (χ4n) is 3.04. The van der Waals surface area contributed by atoms with Crippen LogP contribution < -0.4 is 14.8 Å². The fourth-order valence-corrected chi connectivity index (χ4v) is 3.49. The molecule has 0 aromatic heterocycles. The van der Waals surface area contributed by atoms with Crippen molar-refractivity contribution in [3.8, 4) is 11.5 Å². The van der Waals surface area contributed by atoms with E-state index in [9.17, 15) is 4.79 Å². The molecule has 0 saturated heterocycles. The molecule has 0 aliphatic rings. The number of halogens is 2. The number of benzene rings is 3. The van der Waals surface area contributed by atoms with E-state index < -0.39 is 0 Å². The largest absolute Gasteiger partial charge is 0.490 e. The zero-order valence-electron chi connectivity index (χ0n) is 18.8. The van der Waals surface area contributed by atoms with Gasteiger partial charge in [0.1, 0.15) is 0 Å². The lowest BCUT2D eigenvalue weighted by Gasteiger charge is -2.14. The Labute approximate surface area is 204 Å². The maximum atomic E-state index is 12.4. The molecule has 0 bridgehead atoms. The van der Waals surface area contributed by atoms with Gasteiger partial charge in [0.15, 0.2) is 18.1 Å². The summed E-state index contributed by atoms with van der Waals surface area (Å²) in [6.45, 7) is 6.05. The van der Waals surface area contributed by atoms with Crippen molar-refractivity contribution in [3.63, 3.8) is 0 Å². The number of aryl methyl sites for hydroxylation is 2. The molecule has 0 spiro atoms. The topological polar surface area (TPSA) is 59.9 Å². The van der Waals surface area contributed by atoms with E-state index >= 15 is 0 Å². The fraction of sp³-hybridized carbons (Fsp3) is 0.231. The third-order valence-corrected chi connectivity index (χ3v) is 5.53. The molecule has 0 heterocycles. The quantitative estimate of drug-likeness (QED) is 0.331. The number of aliphatic imine (C=N–C) groups is 1. The van der Waals surface area contributed by atoms with Gasteiger partial charge in [-0.15, -0.1) is 0 Å². The average molecular weight is 485 g/mol. The molecule has 5 nitrogen and oxygen atoms in total. The summed E-state index contributed by atoms with van der Waals surface area (Å²) in [6, 6.07) is 16.9. The van der Waals surface area contributed by atoms with Crippen molar-refractivity contribution in [1.82, 2.24) is 0 Å². The summed E-state index contributed by atoms with van der Waals surface area (Å²) in [4.78, 5) is 16.9. The van der Waals surface area contributed by atoms with Gasteiger partial charge in [0.05, 0.1) is 17.3 Å². The van der Waals surface area contributed by atoms with Crippen LogP contribution in [0.1, 0.15) is 30.5 Å². The summed E-state index contributed by atoms with van der Waals surface area (Å²) >= 11 is 12.6. The second-order valence-corrected chi connectivity index (χ2v) is 8.16. The Kier molecular flexibility index (Phi) is 8.75. The number of anilines is 1. The van der Waals surface area contributed by atoms with E-state index in [4.69, 9.17) is 32.7 Å². The van der Waals surface area contributed by atoms with Gasteiger partial charge in [-0.2, -0.15) is 0 Å². The molecule has 1 amide bonds. The number of rotatable bonds is 9. The van der Waals surface area contributed by atoms with E-state index in [2.05, 4.69) is 29.4 Å². The lowest BCUT2D eigenvalue weighted by molar-refractivity contribution is -0.118. The van der Waals surface area contributed by atoms with E-state index in [-0.39, 0.29) is 12.5 Å². The lowest BCUT2D eigenvalue weighted by atomic mass is 10.1. The summed E-state index contributed by atoms with van der Waals surface area (Å²) in [5, 5.41) is 3.66. The van der Waals surface area contributed by atoms with Gasteiger partial charge in [0.25, 0.3) is 5.91 Å². The third kappa shape index (κ3) is 6.98. The van der Waals surface area contributed by atoms with Crippen molar-refractivity contribution in [1.29, 1.82) is 0 Å². The number of hydrogen-bond acceptors (Lipinski definition) is 4. The first-order valence-corrected chi connectivity index (χ1v) is 11.4. The highest BCUT2D eigenvalue weighted by atomic mass is 35.5. The second kappa shape index (κ2) is 11.7. The van der Waals surface area contributed by atoms with Crippen LogP contribution in [0.25, 0.3) is 0 Å². The van der Waals surface area contributed by atoms with Crippen LogP contribution >= 0.6 is 23.2 Å². The predicted octanol–water partition coefficient (Wildman–Crippen LogP) is 7.03. The zero-order valence-corrected chi connectivity index (χ0v) is 20.3. The minimum absolute atomic E-state index is 0.234. The molecular weight excluding hydrogens is 459 g/mol. The summed E-state index contributed by atoms with van der Waals surface area (Å²) in [5.41, 5.74) is 4.38. The minimum Gasteiger partial charge on any atom is -0.490 e. The van der Waals surface area contributed by atoms with Crippen LogP contribution in [0.3, 0.4) is 0 Å². The van der Waals surface area contributed by atoms with E-state index in [0.717, 1.165) is 23.2 Å². The molecule has 1 N–H and O–H groups in total. The van der Waals surface area contributed by atoms with E-state index in [1.165, 1.54) is 5.56 Å². The van der Waals surface area contributed by atoms with E-state index in [0.29, 0.717) is 33.8 Å². The Bertz CT molecular complexity index is 1150. The maximum Gasteiger partial charge on any atom is 0.262 e. The Balaban J connectivity index is 1.71. The number of hydrogen-bond donors (Lipinski definition) is 1. The molecule has 0 aliphatic heterocycles. The average Bonchev–Trinajstić information content (AvgIpc) is 2.80. The number of nitrogens with zero attached hydrogens (tertiary/aromatic N) is 1. The maximum absolute atomic E-state index is 12.4. The molecule has 0 saturated carbocycles. The van der Waals surface area contributed by atoms with Crippen LogP contribution in [0.2, 0.25) is 10.0 Å². The van der Waals surface area contributed by atoms with Gasteiger partial charge >= 0.3 is 0 Å². The Morgan fingerprint density at radius 2 is 1.76 bits per heavy atom. The van der Waals surface area contributed by atoms with Gasteiger partial charge in [-0.1, -0.05) is 48.3 Å². The monoisotopic (exact) mass is 484 g/mol. The number of carbonyl (C=O) groups is 1. The van der Waals surface area contributed by atoms with Gasteiger partial charge in [-0.25, -0.2) is 0 Å². The van der Waals surface area contributed by atoms with Crippen molar-refractivity contribution in [2.45, 2.75) is 27.2 Å². The number of amides is 1. The second-order valence-electron chi connectivity index (χ2n) is 7.34. The van der Waals surface area contributed by atoms with Crippen LogP contribution in [0.4, 0.5) is 11.4 Å². The molecule has 0 radical (unpaired) electrons. The van der Waals surface area contributed by atoms with Gasteiger partial charge in [-0.05, 0) is 73.4 Å². The standard InChI is InChI=1S/C26H26Cl2N2O3/c1-4-18-7-10-20(11-8-18)29-15-19-12-23(28)26(24(13-19)32-5-2)33-16-25(31)30-21-9-6-17(3)22(27)14-21/h6-15H,4-5,16H2,1-3H3,(H,30,31). The zero-order chi connectivity index (χ0) is 23.8. The third-order valence-electron chi connectivity index (χ3n) is 4.84. The van der Waals surface area contributed by atoms with Gasteiger partial charge in [-0.3, -0.25) is 9.79 Å². The Hall–Kier alpha value is -3.02. The first kappa shape index (κ1) is 24.6. The molecule has 7 heteroatoms. The van der Waals surface area contributed by atoms with Crippen molar-refractivity contribution in [2.75, 3.05) is 18.5 Å². The molecular formula is C26H26Cl2N2O3. The summed E-state index contributed by atoms with van der Waals surface area (Å²) in [6.07, 6.45) is 2.70. The van der Waals surface area contributed by atoms with Gasteiger partial charge in [0.2, 0.25) is 0 Å². The Morgan fingerprint density at radius 3 is 2.42 bits per heavy atom. The van der Waals surface area contributed by atoms with Gasteiger partial charge in [0, 0.05) is 16.9 Å². The first-order valence-electron chi connectivity index (χ1n) is 10.7. The molecule has 0 unspecified atom stereocenters. The van der Waals surface area contributed by atoms with Gasteiger partial charge < -0.3 is 14.8 Å². The number of ether oxygens (including phenoxy) is 2. The predicted molar refractivity (Wildman–Crippen MR) is 136 cm³/mol. The molecule has 3 aromatic carbocycles. The minimum atomic E-state index is -0.338. The van der Waals surface area contributed by atoms with Crippen LogP contribution in [0.15, 0.2) is 59.6 Å². The summed E-state index contributed by atoms with van der Waals surface area (Å²) < 4.78 is 11.4. The molecule has 0 fully saturated rings. The normalized spacial score (nSPS) is 10.9. The van der Waals surface area contributed by atoms with Crippen molar-refractivity contribution in [3.05, 3.63) is 81.3 Å². The highest BCUT2D eigenvalue weighted by Crippen LogP contribution is 2.36. The van der Waals surface area contributed by atoms with Crippen LogP contribution in [-0.4, -0.2) is 25.3 Å². The van der Waals surface area contributed by atoms with E-state index in [1.807, 2.05) is 32.0 Å². The molecule has 3 aromatic rings. The molecule has 33 heavy (non-hydrogen) atoms. The smallest absolute Gasteiger partial charge is 0.262 e. The molecule has 0 atom stereocenters. The SMILES string of the molecule is CCOc1cc(C=Nc2ccc(CC)cc2)cc(Cl)c1OCC(=O)Nc1ccc(C)c(Cl)c1. The first-order chi connectivity index (χ1) is 15.9. The van der Waals surface area contributed by atoms with Crippen molar-refractivity contribution >= 4 is 46.7 Å². The molecule has 3 rings (SSSR count). The summed E-state index contributed by atoms with van der Waals surface area (Å²) in [7, 11) is 0. The molecule has 0 aliphatic carbocycles. The van der Waals surface area contributed by atoms with Crippen LogP contribution in [0, 0.1) is 6.92 Å². The van der Waals surface area contributed by atoms with Crippen molar-refractivity contribution in [2.24, 2.45) is 4.99 Å². The Morgan fingerprint density at radius 1 is 1.00 bits per heavy atom. The molecule has 172 valence electrons.